The van der Waals surface area contributed by atoms with E-state index in [-0.39, 0.29) is 24.3 Å². The van der Waals surface area contributed by atoms with Gasteiger partial charge in [-0.05, 0) is 37.1 Å². The number of carbonyl (C=O) groups excluding carboxylic acids is 2. The summed E-state index contributed by atoms with van der Waals surface area (Å²) in [5, 5.41) is 6.42. The SMILES string of the molecule is O=C(C1=NN(c2ccccc2)C(=O)CC1)N(CC1CCCO1)c1nc2ccccc2s1. The highest BCUT2D eigenvalue weighted by Gasteiger charge is 2.32. The van der Waals surface area contributed by atoms with Crippen molar-refractivity contribution >= 4 is 49.9 Å². The van der Waals surface area contributed by atoms with E-state index in [1.165, 1.54) is 16.3 Å². The number of benzene rings is 2. The topological polar surface area (TPSA) is 75.1 Å². The Hall–Kier alpha value is -3.10. The number of ether oxygens (including phenoxy) is 1. The fraction of sp³-hybridized carbons (Fsp3) is 0.304. The number of anilines is 2. The van der Waals surface area contributed by atoms with Crippen molar-refractivity contribution in [1.29, 1.82) is 0 Å². The molecule has 2 aliphatic rings. The molecule has 0 aliphatic carbocycles. The number of para-hydroxylation sites is 2. The smallest absolute Gasteiger partial charge is 0.276 e. The highest BCUT2D eigenvalue weighted by Crippen LogP contribution is 2.31. The molecule has 8 heteroatoms. The monoisotopic (exact) mass is 434 g/mol. The van der Waals surface area contributed by atoms with Crippen LogP contribution in [0.5, 0.6) is 0 Å². The molecule has 0 saturated carbocycles. The van der Waals surface area contributed by atoms with E-state index in [9.17, 15) is 9.59 Å². The summed E-state index contributed by atoms with van der Waals surface area (Å²) in [7, 11) is 0. The van der Waals surface area contributed by atoms with Crippen LogP contribution in [0.2, 0.25) is 0 Å². The second kappa shape index (κ2) is 8.56. The average Bonchev–Trinajstić information content (AvgIpc) is 3.47. The molecular weight excluding hydrogens is 412 g/mol. The van der Waals surface area contributed by atoms with Gasteiger partial charge in [-0.2, -0.15) is 5.10 Å². The standard InChI is InChI=1S/C23H22N4O3S/c28-21-13-12-19(25-27(21)16-7-2-1-3-8-16)22(29)26(15-17-9-6-14-30-17)23-24-18-10-4-5-11-20(18)31-23/h1-5,7-8,10-11,17H,6,9,12-15H2. The first-order valence-electron chi connectivity index (χ1n) is 10.4. The highest BCUT2D eigenvalue weighted by molar-refractivity contribution is 7.22. The van der Waals surface area contributed by atoms with Crippen molar-refractivity contribution in [3.63, 3.8) is 0 Å². The Morgan fingerprint density at radius 3 is 2.71 bits per heavy atom. The molecule has 3 aromatic rings. The summed E-state index contributed by atoms with van der Waals surface area (Å²) in [5.74, 6) is -0.337. The maximum atomic E-state index is 13.6. The van der Waals surface area contributed by atoms with E-state index in [4.69, 9.17) is 9.72 Å². The molecule has 1 unspecified atom stereocenters. The lowest BCUT2D eigenvalue weighted by atomic mass is 10.1. The predicted octanol–water partition coefficient (Wildman–Crippen LogP) is 3.99. The lowest BCUT2D eigenvalue weighted by molar-refractivity contribution is -0.118. The Morgan fingerprint density at radius 2 is 1.94 bits per heavy atom. The lowest BCUT2D eigenvalue weighted by Crippen LogP contribution is -2.44. The summed E-state index contributed by atoms with van der Waals surface area (Å²) >= 11 is 1.48. The normalized spacial score (nSPS) is 19.0. The molecule has 1 atom stereocenters. The number of amides is 2. The number of aromatic nitrogens is 1. The van der Waals surface area contributed by atoms with E-state index in [0.29, 0.717) is 36.1 Å². The van der Waals surface area contributed by atoms with Crippen LogP contribution in [-0.2, 0) is 14.3 Å². The fourth-order valence-corrected chi connectivity index (χ4v) is 4.82. The van der Waals surface area contributed by atoms with Crippen molar-refractivity contribution in [3.05, 3.63) is 54.6 Å². The van der Waals surface area contributed by atoms with Crippen molar-refractivity contribution in [3.8, 4) is 0 Å². The van der Waals surface area contributed by atoms with Crippen molar-refractivity contribution in [2.75, 3.05) is 23.1 Å². The van der Waals surface area contributed by atoms with Gasteiger partial charge in [0.15, 0.2) is 5.13 Å². The molecule has 0 radical (unpaired) electrons. The Kier molecular flexibility index (Phi) is 5.48. The van der Waals surface area contributed by atoms with Crippen molar-refractivity contribution in [1.82, 2.24) is 4.98 Å². The first kappa shape index (κ1) is 19.8. The minimum Gasteiger partial charge on any atom is -0.376 e. The van der Waals surface area contributed by atoms with Gasteiger partial charge >= 0.3 is 0 Å². The van der Waals surface area contributed by atoms with E-state index in [2.05, 4.69) is 5.10 Å². The van der Waals surface area contributed by atoms with E-state index >= 15 is 0 Å². The Labute approximate surface area is 183 Å². The molecule has 2 amide bonds. The van der Waals surface area contributed by atoms with Gasteiger partial charge < -0.3 is 4.74 Å². The summed E-state index contributed by atoms with van der Waals surface area (Å²) in [4.78, 5) is 32.5. The van der Waals surface area contributed by atoms with Crippen LogP contribution in [0.4, 0.5) is 10.8 Å². The van der Waals surface area contributed by atoms with Crippen LogP contribution in [-0.4, -0.2) is 41.8 Å². The highest BCUT2D eigenvalue weighted by atomic mass is 32.1. The lowest BCUT2D eigenvalue weighted by Gasteiger charge is -2.27. The number of thiazole rings is 1. The zero-order valence-electron chi connectivity index (χ0n) is 16.9. The van der Waals surface area contributed by atoms with Crippen molar-refractivity contribution in [2.24, 2.45) is 5.10 Å². The molecule has 0 N–H and O–H groups in total. The molecular formula is C23H22N4O3S. The van der Waals surface area contributed by atoms with Gasteiger partial charge in [0.2, 0.25) is 5.91 Å². The van der Waals surface area contributed by atoms with Gasteiger partial charge in [0.1, 0.15) is 5.71 Å². The first-order valence-corrected chi connectivity index (χ1v) is 11.3. The zero-order chi connectivity index (χ0) is 21.2. The second-order valence-corrected chi connectivity index (χ2v) is 8.61. The number of carbonyl (C=O) groups is 2. The molecule has 3 heterocycles. The maximum absolute atomic E-state index is 13.6. The van der Waals surface area contributed by atoms with Gasteiger partial charge in [0.25, 0.3) is 5.91 Å². The molecule has 7 nitrogen and oxygen atoms in total. The minimum atomic E-state index is -0.219. The Balaban J connectivity index is 1.49. The number of hydrogen-bond donors (Lipinski definition) is 0. The number of fused-ring (bicyclic) bond motifs is 1. The van der Waals surface area contributed by atoms with E-state index < -0.39 is 0 Å². The third kappa shape index (κ3) is 4.08. The van der Waals surface area contributed by atoms with Crippen LogP contribution >= 0.6 is 11.3 Å². The number of rotatable bonds is 5. The number of hydrogen-bond acceptors (Lipinski definition) is 6. The van der Waals surface area contributed by atoms with Crippen LogP contribution in [0.1, 0.15) is 25.7 Å². The van der Waals surface area contributed by atoms with E-state index in [1.807, 2.05) is 54.6 Å². The third-order valence-electron chi connectivity index (χ3n) is 5.45. The molecule has 2 aliphatic heterocycles. The van der Waals surface area contributed by atoms with E-state index in [0.717, 1.165) is 23.1 Å². The quantitative estimate of drug-likeness (QED) is 0.609. The molecule has 158 valence electrons. The molecule has 0 bridgehead atoms. The predicted molar refractivity (Wildman–Crippen MR) is 122 cm³/mol. The largest absolute Gasteiger partial charge is 0.376 e. The van der Waals surface area contributed by atoms with Gasteiger partial charge in [0.05, 0.1) is 28.6 Å². The van der Waals surface area contributed by atoms with Crippen molar-refractivity contribution in [2.45, 2.75) is 31.8 Å². The van der Waals surface area contributed by atoms with Gasteiger partial charge in [-0.3, -0.25) is 14.5 Å². The molecule has 1 fully saturated rings. The van der Waals surface area contributed by atoms with Gasteiger partial charge in [-0.25, -0.2) is 9.99 Å². The minimum absolute atomic E-state index is 0.0213. The van der Waals surface area contributed by atoms with Crippen LogP contribution in [0.3, 0.4) is 0 Å². The van der Waals surface area contributed by atoms with Crippen LogP contribution in [0, 0.1) is 0 Å². The maximum Gasteiger partial charge on any atom is 0.276 e. The van der Waals surface area contributed by atoms with Crippen LogP contribution in [0.15, 0.2) is 59.7 Å². The number of nitrogens with zero attached hydrogens (tertiary/aromatic N) is 4. The summed E-state index contributed by atoms with van der Waals surface area (Å²) < 4.78 is 6.83. The fourth-order valence-electron chi connectivity index (χ4n) is 3.85. The molecule has 31 heavy (non-hydrogen) atoms. The summed E-state index contributed by atoms with van der Waals surface area (Å²) in [6, 6.07) is 17.0. The first-order chi connectivity index (χ1) is 15.2. The molecule has 2 aromatic carbocycles. The summed E-state index contributed by atoms with van der Waals surface area (Å²) in [5.41, 5.74) is 1.88. The average molecular weight is 435 g/mol. The van der Waals surface area contributed by atoms with Crippen molar-refractivity contribution < 1.29 is 14.3 Å². The van der Waals surface area contributed by atoms with Crippen LogP contribution in [0.25, 0.3) is 10.2 Å². The second-order valence-electron chi connectivity index (χ2n) is 7.60. The summed E-state index contributed by atoms with van der Waals surface area (Å²) in [6.07, 6.45) is 2.44. The number of hydrazone groups is 1. The van der Waals surface area contributed by atoms with E-state index in [1.54, 1.807) is 4.90 Å². The molecule has 1 saturated heterocycles. The van der Waals surface area contributed by atoms with Gasteiger partial charge in [-0.1, -0.05) is 41.7 Å². The summed E-state index contributed by atoms with van der Waals surface area (Å²) in [6.45, 7) is 1.14. The zero-order valence-corrected chi connectivity index (χ0v) is 17.8. The Morgan fingerprint density at radius 1 is 1.13 bits per heavy atom. The van der Waals surface area contributed by atoms with Gasteiger partial charge in [-0.15, -0.1) is 0 Å². The third-order valence-corrected chi connectivity index (χ3v) is 6.51. The molecule has 5 rings (SSSR count). The van der Waals surface area contributed by atoms with Gasteiger partial charge in [0, 0.05) is 19.4 Å². The van der Waals surface area contributed by atoms with Crippen LogP contribution < -0.4 is 9.91 Å². The molecule has 1 aromatic heterocycles. The molecule has 0 spiro atoms. The Bertz CT molecular complexity index is 1100.